The Labute approximate surface area is 143 Å². The first kappa shape index (κ1) is 18.3. The second kappa shape index (κ2) is 8.68. The van der Waals surface area contributed by atoms with Crippen LogP contribution < -0.4 is 20.7 Å². The van der Waals surface area contributed by atoms with E-state index >= 15 is 0 Å². The van der Waals surface area contributed by atoms with Gasteiger partial charge in [0.15, 0.2) is 0 Å². The predicted molar refractivity (Wildman–Crippen MR) is 93.1 cm³/mol. The van der Waals surface area contributed by atoms with Crippen molar-refractivity contribution in [3.63, 3.8) is 0 Å². The van der Waals surface area contributed by atoms with Gasteiger partial charge in [0.25, 0.3) is 5.91 Å². The molecule has 1 aliphatic rings. The van der Waals surface area contributed by atoms with Crippen molar-refractivity contribution in [2.24, 2.45) is 5.92 Å². The van der Waals surface area contributed by atoms with Crippen molar-refractivity contribution < 1.29 is 14.3 Å². The lowest BCUT2D eigenvalue weighted by Gasteiger charge is -2.28. The van der Waals surface area contributed by atoms with Crippen LogP contribution in [0.1, 0.15) is 37.0 Å². The van der Waals surface area contributed by atoms with Crippen LogP contribution in [0.25, 0.3) is 0 Å². The molecular formula is C18H27N3O3. The van der Waals surface area contributed by atoms with Gasteiger partial charge >= 0.3 is 0 Å². The second-order valence-corrected chi connectivity index (χ2v) is 6.48. The molecule has 0 aromatic heterocycles. The van der Waals surface area contributed by atoms with Crippen LogP contribution in [0.5, 0.6) is 5.75 Å². The highest BCUT2D eigenvalue weighted by atomic mass is 16.5. The third kappa shape index (κ3) is 4.96. The van der Waals surface area contributed by atoms with Crippen LogP contribution in [-0.2, 0) is 4.79 Å². The molecular weight excluding hydrogens is 306 g/mol. The molecule has 1 saturated heterocycles. The molecule has 132 valence electrons. The van der Waals surface area contributed by atoms with Gasteiger partial charge in [-0.1, -0.05) is 13.8 Å². The van der Waals surface area contributed by atoms with Crippen LogP contribution in [0.4, 0.5) is 0 Å². The monoisotopic (exact) mass is 333 g/mol. The molecule has 0 aliphatic carbocycles. The minimum absolute atomic E-state index is 0.00347. The van der Waals surface area contributed by atoms with Gasteiger partial charge in [0.05, 0.1) is 7.11 Å². The van der Waals surface area contributed by atoms with Crippen molar-refractivity contribution in [2.75, 3.05) is 20.2 Å². The maximum Gasteiger partial charge on any atom is 0.251 e. The third-order valence-electron chi connectivity index (χ3n) is 4.23. The first-order chi connectivity index (χ1) is 11.5. The van der Waals surface area contributed by atoms with E-state index in [1.165, 1.54) is 0 Å². The molecule has 0 saturated carbocycles. The summed E-state index contributed by atoms with van der Waals surface area (Å²) in [6, 6.07) is 6.41. The fourth-order valence-electron chi connectivity index (χ4n) is 2.77. The van der Waals surface area contributed by atoms with E-state index in [-0.39, 0.29) is 23.8 Å². The number of methoxy groups -OCH3 is 1. The molecule has 0 spiro atoms. The molecule has 24 heavy (non-hydrogen) atoms. The van der Waals surface area contributed by atoms with Crippen molar-refractivity contribution in [3.8, 4) is 5.75 Å². The van der Waals surface area contributed by atoms with E-state index in [9.17, 15) is 9.59 Å². The average molecular weight is 333 g/mol. The third-order valence-corrected chi connectivity index (χ3v) is 4.23. The van der Waals surface area contributed by atoms with Gasteiger partial charge in [0, 0.05) is 18.2 Å². The number of nitrogens with one attached hydrogen (secondary N) is 3. The number of carbonyl (C=O) groups is 2. The number of hydrogen-bond acceptors (Lipinski definition) is 4. The molecule has 6 nitrogen and oxygen atoms in total. The normalized spacial score (nSPS) is 18.8. The van der Waals surface area contributed by atoms with E-state index in [0.29, 0.717) is 11.3 Å². The summed E-state index contributed by atoms with van der Waals surface area (Å²) in [6.45, 7) is 5.63. The number of rotatable bonds is 6. The van der Waals surface area contributed by atoms with Gasteiger partial charge in [-0.05, 0) is 49.6 Å². The largest absolute Gasteiger partial charge is 0.497 e. The van der Waals surface area contributed by atoms with E-state index in [0.717, 1.165) is 25.9 Å². The van der Waals surface area contributed by atoms with Gasteiger partial charge in [-0.25, -0.2) is 0 Å². The zero-order chi connectivity index (χ0) is 17.5. The number of benzene rings is 1. The summed E-state index contributed by atoms with van der Waals surface area (Å²) in [6.07, 6.45) is 2.02. The molecule has 2 rings (SSSR count). The smallest absolute Gasteiger partial charge is 0.251 e. The minimum Gasteiger partial charge on any atom is -0.497 e. The van der Waals surface area contributed by atoms with Gasteiger partial charge < -0.3 is 20.7 Å². The Balaban J connectivity index is 1.98. The van der Waals surface area contributed by atoms with Crippen LogP contribution in [0.3, 0.4) is 0 Å². The van der Waals surface area contributed by atoms with Gasteiger partial charge in [0.1, 0.15) is 11.8 Å². The Bertz CT molecular complexity index is 551. The first-order valence-corrected chi connectivity index (χ1v) is 8.47. The standard InChI is InChI=1S/C18H27N3O3/c1-12(2)16(18(23)20-14-5-4-10-19-11-14)21-17(22)13-6-8-15(24-3)9-7-13/h6-9,12,14,16,19H,4-5,10-11H2,1-3H3,(H,20,23)(H,21,22)/t14-,16?/m0/s1. The van der Waals surface area contributed by atoms with Crippen LogP contribution in [0.15, 0.2) is 24.3 Å². The first-order valence-electron chi connectivity index (χ1n) is 8.47. The molecule has 1 fully saturated rings. The Morgan fingerprint density at radius 2 is 1.96 bits per heavy atom. The minimum atomic E-state index is -0.554. The zero-order valence-corrected chi connectivity index (χ0v) is 14.6. The molecule has 1 aliphatic heterocycles. The summed E-state index contributed by atoms with van der Waals surface area (Å²) in [5, 5.41) is 9.16. The molecule has 0 bridgehead atoms. The number of piperidine rings is 1. The maximum absolute atomic E-state index is 12.5. The van der Waals surface area contributed by atoms with E-state index in [4.69, 9.17) is 4.74 Å². The van der Waals surface area contributed by atoms with Crippen molar-refractivity contribution in [1.29, 1.82) is 0 Å². The number of ether oxygens (including phenoxy) is 1. The molecule has 3 N–H and O–H groups in total. The summed E-state index contributed by atoms with van der Waals surface area (Å²) in [4.78, 5) is 25.0. The molecule has 1 unspecified atom stereocenters. The van der Waals surface area contributed by atoms with Crippen LogP contribution in [-0.4, -0.2) is 44.1 Å². The molecule has 1 heterocycles. The van der Waals surface area contributed by atoms with Crippen LogP contribution in [0, 0.1) is 5.92 Å². The highest BCUT2D eigenvalue weighted by molar-refractivity contribution is 5.97. The molecule has 1 aromatic rings. The molecule has 6 heteroatoms. The Kier molecular flexibility index (Phi) is 6.61. The Morgan fingerprint density at radius 3 is 2.50 bits per heavy atom. The molecule has 2 atom stereocenters. The fourth-order valence-corrected chi connectivity index (χ4v) is 2.77. The topological polar surface area (TPSA) is 79.5 Å². The number of amides is 2. The lowest BCUT2D eigenvalue weighted by molar-refractivity contribution is -0.124. The average Bonchev–Trinajstić information content (AvgIpc) is 2.60. The van der Waals surface area contributed by atoms with Crippen LogP contribution in [0.2, 0.25) is 0 Å². The SMILES string of the molecule is COc1ccc(C(=O)NC(C(=O)N[C@H]2CCCNC2)C(C)C)cc1. The van der Waals surface area contributed by atoms with Crippen LogP contribution >= 0.6 is 0 Å². The lowest BCUT2D eigenvalue weighted by Crippen LogP contribution is -2.54. The van der Waals surface area contributed by atoms with Gasteiger partial charge in [0.2, 0.25) is 5.91 Å². The van der Waals surface area contributed by atoms with Crippen molar-refractivity contribution in [3.05, 3.63) is 29.8 Å². The lowest BCUT2D eigenvalue weighted by atomic mass is 10.0. The fraction of sp³-hybridized carbons (Fsp3) is 0.556. The number of carbonyl (C=O) groups excluding carboxylic acids is 2. The van der Waals surface area contributed by atoms with Crippen molar-refractivity contribution in [2.45, 2.75) is 38.8 Å². The highest BCUT2D eigenvalue weighted by Crippen LogP contribution is 2.12. The van der Waals surface area contributed by atoms with Crippen molar-refractivity contribution >= 4 is 11.8 Å². The van der Waals surface area contributed by atoms with E-state index in [2.05, 4.69) is 16.0 Å². The molecule has 2 amide bonds. The summed E-state index contributed by atoms with van der Waals surface area (Å²) in [5.74, 6) is 0.312. The van der Waals surface area contributed by atoms with Gasteiger partial charge in [-0.2, -0.15) is 0 Å². The Hall–Kier alpha value is -2.08. The predicted octanol–water partition coefficient (Wildman–Crippen LogP) is 1.32. The summed E-state index contributed by atoms with van der Waals surface area (Å²) < 4.78 is 5.09. The quantitative estimate of drug-likeness (QED) is 0.733. The molecule has 0 radical (unpaired) electrons. The summed E-state index contributed by atoms with van der Waals surface area (Å²) in [7, 11) is 1.58. The van der Waals surface area contributed by atoms with Gasteiger partial charge in [-0.15, -0.1) is 0 Å². The van der Waals surface area contributed by atoms with E-state index in [1.807, 2.05) is 13.8 Å². The zero-order valence-electron chi connectivity index (χ0n) is 14.6. The Morgan fingerprint density at radius 1 is 1.25 bits per heavy atom. The molecule has 1 aromatic carbocycles. The number of hydrogen-bond donors (Lipinski definition) is 3. The van der Waals surface area contributed by atoms with E-state index in [1.54, 1.807) is 31.4 Å². The van der Waals surface area contributed by atoms with Crippen molar-refractivity contribution in [1.82, 2.24) is 16.0 Å². The van der Waals surface area contributed by atoms with Gasteiger partial charge in [-0.3, -0.25) is 9.59 Å². The highest BCUT2D eigenvalue weighted by Gasteiger charge is 2.27. The second-order valence-electron chi connectivity index (χ2n) is 6.48. The summed E-state index contributed by atoms with van der Waals surface area (Å²) in [5.41, 5.74) is 0.508. The van der Waals surface area contributed by atoms with E-state index < -0.39 is 6.04 Å². The maximum atomic E-state index is 12.5. The summed E-state index contributed by atoms with van der Waals surface area (Å²) >= 11 is 0.